The van der Waals surface area contributed by atoms with Gasteiger partial charge in [-0.3, -0.25) is 4.79 Å². The van der Waals surface area contributed by atoms with E-state index in [0.717, 1.165) is 37.0 Å². The summed E-state index contributed by atoms with van der Waals surface area (Å²) in [5.41, 5.74) is 6.44. The van der Waals surface area contributed by atoms with Gasteiger partial charge in [0.25, 0.3) is 0 Å². The van der Waals surface area contributed by atoms with Gasteiger partial charge < -0.3 is 9.90 Å². The first kappa shape index (κ1) is 20.2. The minimum absolute atomic E-state index is 0.145. The molecule has 1 aliphatic carbocycles. The van der Waals surface area contributed by atoms with Crippen LogP contribution in [0.15, 0.2) is 41.3 Å². The van der Waals surface area contributed by atoms with Crippen molar-refractivity contribution in [2.24, 2.45) is 0 Å². The van der Waals surface area contributed by atoms with Crippen molar-refractivity contribution >= 4 is 24.5 Å². The highest BCUT2D eigenvalue weighted by Gasteiger charge is 2.19. The van der Waals surface area contributed by atoms with Crippen LogP contribution in [0.2, 0.25) is 0 Å². The van der Waals surface area contributed by atoms with E-state index < -0.39 is 5.97 Å². The van der Waals surface area contributed by atoms with Gasteiger partial charge in [0.05, 0.1) is 6.42 Å². The van der Waals surface area contributed by atoms with E-state index in [4.69, 9.17) is 9.90 Å². The summed E-state index contributed by atoms with van der Waals surface area (Å²) in [6.45, 7) is 4.21. The fraction of sp³-hybridized carbons (Fsp3) is 0.364. The van der Waals surface area contributed by atoms with Crippen LogP contribution in [-0.2, 0) is 41.0 Å². The fourth-order valence-corrected chi connectivity index (χ4v) is 4.54. The summed E-state index contributed by atoms with van der Waals surface area (Å²) >= 11 is 1.88. The Kier molecular flexibility index (Phi) is 7.92. The van der Waals surface area contributed by atoms with Crippen LogP contribution >= 0.6 is 11.8 Å². The lowest BCUT2D eigenvalue weighted by Gasteiger charge is -2.12. The molecule has 0 unspecified atom stereocenters. The Hall–Kier alpha value is -2.07. The Morgan fingerprint density at radius 3 is 2.35 bits per heavy atom. The van der Waals surface area contributed by atoms with E-state index in [-0.39, 0.29) is 6.42 Å². The molecule has 0 amide bonds. The molecule has 0 atom stereocenters. The zero-order chi connectivity index (χ0) is 18.9. The number of carboxylic acid groups (broad SMARTS) is 1. The van der Waals surface area contributed by atoms with Crippen molar-refractivity contribution in [3.05, 3.63) is 64.2 Å². The Labute approximate surface area is 159 Å². The molecule has 0 aliphatic heterocycles. The summed E-state index contributed by atoms with van der Waals surface area (Å²) in [5, 5.41) is 9.07. The standard InChI is InChI=1S/C21H24O2S.CH2O/c1-2-4-15-7-9-16(10-8-15)14-24-20-12-11-17(13-21(22)23)18-5-3-6-19(18)20;1-2/h7-12H,2-6,13-14H2,1H3,(H,22,23);1H2. The number of aryl methyl sites for hydroxylation is 1. The molecule has 2 aromatic carbocycles. The van der Waals surface area contributed by atoms with E-state index in [9.17, 15) is 4.79 Å². The van der Waals surface area contributed by atoms with Gasteiger partial charge in [-0.1, -0.05) is 43.7 Å². The molecule has 3 nitrogen and oxygen atoms in total. The molecule has 1 N–H and O–H groups in total. The van der Waals surface area contributed by atoms with Crippen LogP contribution in [0.4, 0.5) is 0 Å². The monoisotopic (exact) mass is 370 g/mol. The maximum absolute atomic E-state index is 11.0. The van der Waals surface area contributed by atoms with Crippen LogP contribution in [0.1, 0.15) is 47.6 Å². The van der Waals surface area contributed by atoms with E-state index in [1.54, 1.807) is 0 Å². The van der Waals surface area contributed by atoms with Crippen molar-refractivity contribution in [1.29, 1.82) is 0 Å². The number of carbonyl (C=O) groups excluding carboxylic acids is 1. The zero-order valence-electron chi connectivity index (χ0n) is 15.3. The number of carbonyl (C=O) groups is 2. The predicted octanol–water partition coefficient (Wildman–Crippen LogP) is 4.86. The molecule has 4 heteroatoms. The average Bonchev–Trinajstić information content (AvgIpc) is 3.14. The lowest BCUT2D eigenvalue weighted by atomic mass is 10.0. The highest BCUT2D eigenvalue weighted by atomic mass is 32.2. The van der Waals surface area contributed by atoms with Crippen LogP contribution in [0.5, 0.6) is 0 Å². The molecule has 0 saturated heterocycles. The second-order valence-electron chi connectivity index (χ2n) is 6.46. The topological polar surface area (TPSA) is 54.4 Å². The van der Waals surface area contributed by atoms with E-state index >= 15 is 0 Å². The number of hydrogen-bond donors (Lipinski definition) is 1. The Balaban J connectivity index is 0.00000117. The van der Waals surface area contributed by atoms with Crippen LogP contribution in [0, 0.1) is 0 Å². The summed E-state index contributed by atoms with van der Waals surface area (Å²) in [7, 11) is 0. The van der Waals surface area contributed by atoms with Gasteiger partial charge in [0.2, 0.25) is 0 Å². The van der Waals surface area contributed by atoms with E-state index in [1.807, 2.05) is 24.6 Å². The maximum atomic E-state index is 11.0. The fourth-order valence-electron chi connectivity index (χ4n) is 3.46. The molecule has 0 heterocycles. The van der Waals surface area contributed by atoms with Gasteiger partial charge in [0.15, 0.2) is 0 Å². The predicted molar refractivity (Wildman–Crippen MR) is 107 cm³/mol. The van der Waals surface area contributed by atoms with Crippen molar-refractivity contribution in [1.82, 2.24) is 0 Å². The molecule has 0 fully saturated rings. The highest BCUT2D eigenvalue weighted by molar-refractivity contribution is 7.98. The largest absolute Gasteiger partial charge is 0.481 e. The molecule has 0 radical (unpaired) electrons. The molecule has 1 aliphatic rings. The second-order valence-corrected chi connectivity index (χ2v) is 7.48. The molecule has 0 saturated carbocycles. The van der Waals surface area contributed by atoms with Gasteiger partial charge in [0, 0.05) is 10.6 Å². The number of hydrogen-bond acceptors (Lipinski definition) is 3. The Morgan fingerprint density at radius 2 is 1.69 bits per heavy atom. The Bertz CT molecular complexity index is 738. The van der Waals surface area contributed by atoms with E-state index in [2.05, 4.69) is 37.3 Å². The summed E-state index contributed by atoms with van der Waals surface area (Å²) in [5.74, 6) is 0.230. The third-order valence-corrected chi connectivity index (χ3v) is 5.81. The zero-order valence-corrected chi connectivity index (χ0v) is 16.1. The maximum Gasteiger partial charge on any atom is 0.307 e. The summed E-state index contributed by atoms with van der Waals surface area (Å²) in [6, 6.07) is 13.1. The average molecular weight is 371 g/mol. The first-order valence-electron chi connectivity index (χ1n) is 9.02. The second kappa shape index (κ2) is 10.2. The molecular formula is C22H26O3S. The molecule has 2 aromatic rings. The van der Waals surface area contributed by atoms with E-state index in [0.29, 0.717) is 0 Å². The van der Waals surface area contributed by atoms with Gasteiger partial charge in [-0.25, -0.2) is 0 Å². The number of aliphatic carboxylic acids is 1. The number of carboxylic acids is 1. The number of benzene rings is 2. The summed E-state index contributed by atoms with van der Waals surface area (Å²) in [6.07, 6.45) is 5.73. The Morgan fingerprint density at radius 1 is 1.04 bits per heavy atom. The van der Waals surface area contributed by atoms with Crippen molar-refractivity contribution in [3.63, 3.8) is 0 Å². The smallest absolute Gasteiger partial charge is 0.307 e. The van der Waals surface area contributed by atoms with Crippen molar-refractivity contribution < 1.29 is 14.7 Å². The number of fused-ring (bicyclic) bond motifs is 1. The SMILES string of the molecule is C=O.CCCc1ccc(CSc2ccc(CC(=O)O)c3c2CCC3)cc1. The van der Waals surface area contributed by atoms with Crippen LogP contribution in [0.25, 0.3) is 0 Å². The number of rotatable bonds is 7. The molecule has 3 rings (SSSR count). The highest BCUT2D eigenvalue weighted by Crippen LogP contribution is 2.35. The molecule has 0 aromatic heterocycles. The molecule has 0 bridgehead atoms. The number of thioether (sulfide) groups is 1. The van der Waals surface area contributed by atoms with Gasteiger partial charge in [-0.2, -0.15) is 0 Å². The lowest BCUT2D eigenvalue weighted by Crippen LogP contribution is -2.04. The van der Waals surface area contributed by atoms with Gasteiger partial charge >= 0.3 is 5.97 Å². The van der Waals surface area contributed by atoms with Gasteiger partial charge in [0.1, 0.15) is 6.79 Å². The lowest BCUT2D eigenvalue weighted by molar-refractivity contribution is -0.136. The van der Waals surface area contributed by atoms with Gasteiger partial charge in [-0.05, 0) is 59.6 Å². The quantitative estimate of drug-likeness (QED) is 0.707. The van der Waals surface area contributed by atoms with Crippen LogP contribution in [-0.4, -0.2) is 17.9 Å². The van der Waals surface area contributed by atoms with Crippen molar-refractivity contribution in [2.45, 2.75) is 56.1 Å². The minimum atomic E-state index is -0.739. The van der Waals surface area contributed by atoms with Crippen LogP contribution < -0.4 is 0 Å². The molecule has 138 valence electrons. The molecule has 26 heavy (non-hydrogen) atoms. The summed E-state index contributed by atoms with van der Waals surface area (Å²) in [4.78, 5) is 20.4. The van der Waals surface area contributed by atoms with E-state index in [1.165, 1.54) is 33.6 Å². The summed E-state index contributed by atoms with van der Waals surface area (Å²) < 4.78 is 0. The third-order valence-electron chi connectivity index (χ3n) is 4.64. The van der Waals surface area contributed by atoms with Crippen molar-refractivity contribution in [3.8, 4) is 0 Å². The normalized spacial score (nSPS) is 12.2. The first-order chi connectivity index (χ1) is 12.7. The molecule has 0 spiro atoms. The van der Waals surface area contributed by atoms with Crippen LogP contribution in [0.3, 0.4) is 0 Å². The van der Waals surface area contributed by atoms with Gasteiger partial charge in [-0.15, -0.1) is 11.8 Å². The minimum Gasteiger partial charge on any atom is -0.481 e. The van der Waals surface area contributed by atoms with Crippen molar-refractivity contribution in [2.75, 3.05) is 0 Å². The molecular weight excluding hydrogens is 344 g/mol. The third kappa shape index (κ3) is 5.21. The first-order valence-corrected chi connectivity index (χ1v) is 10.0.